The summed E-state index contributed by atoms with van der Waals surface area (Å²) in [6, 6.07) is 7.43. The standard InChI is InChI=1S/C22H32N4O5/c23-13-19(27)25-18(12-16-9-5-2-6-10-16)22(31)26-17(21(30)24-14-20(28)29)11-15-7-3-1-4-8-15/h2,5-6,9-10,15,17-18H,1,3-4,7-8,11-14,23H2,(H,24,30)(H,25,27)(H,26,31)(H,28,29)/t17-,18-/m0/s1. The van der Waals surface area contributed by atoms with Crippen LogP contribution in [0.25, 0.3) is 0 Å². The number of benzene rings is 1. The van der Waals surface area contributed by atoms with Gasteiger partial charge in [-0.1, -0.05) is 62.4 Å². The fourth-order valence-corrected chi connectivity index (χ4v) is 3.86. The van der Waals surface area contributed by atoms with E-state index in [0.29, 0.717) is 6.42 Å². The largest absolute Gasteiger partial charge is 0.480 e. The average Bonchev–Trinajstić information content (AvgIpc) is 2.77. The molecule has 1 fully saturated rings. The molecule has 31 heavy (non-hydrogen) atoms. The van der Waals surface area contributed by atoms with Crippen LogP contribution in [0.2, 0.25) is 0 Å². The van der Waals surface area contributed by atoms with Crippen molar-refractivity contribution >= 4 is 23.7 Å². The Bertz CT molecular complexity index is 750. The van der Waals surface area contributed by atoms with Crippen molar-refractivity contribution in [2.24, 2.45) is 11.7 Å². The van der Waals surface area contributed by atoms with E-state index < -0.39 is 42.3 Å². The third-order valence-electron chi connectivity index (χ3n) is 5.46. The van der Waals surface area contributed by atoms with Crippen LogP contribution in [-0.2, 0) is 25.6 Å². The van der Waals surface area contributed by atoms with Crippen LogP contribution in [0.1, 0.15) is 44.1 Å². The molecule has 3 amide bonds. The van der Waals surface area contributed by atoms with Crippen LogP contribution < -0.4 is 21.7 Å². The van der Waals surface area contributed by atoms with E-state index in [9.17, 15) is 19.2 Å². The number of nitrogens with two attached hydrogens (primary N) is 1. The average molecular weight is 433 g/mol. The van der Waals surface area contributed by atoms with E-state index in [0.717, 1.165) is 37.7 Å². The van der Waals surface area contributed by atoms with Gasteiger partial charge < -0.3 is 26.8 Å². The molecule has 9 heteroatoms. The summed E-state index contributed by atoms with van der Waals surface area (Å²) < 4.78 is 0. The molecule has 0 bridgehead atoms. The number of hydrogen-bond acceptors (Lipinski definition) is 5. The molecule has 2 atom stereocenters. The van der Waals surface area contributed by atoms with Crippen molar-refractivity contribution in [3.05, 3.63) is 35.9 Å². The fraction of sp³-hybridized carbons (Fsp3) is 0.545. The molecule has 1 saturated carbocycles. The molecule has 0 aromatic heterocycles. The second kappa shape index (κ2) is 12.7. The Labute approximate surface area is 182 Å². The Morgan fingerprint density at radius 3 is 2.26 bits per heavy atom. The van der Waals surface area contributed by atoms with Gasteiger partial charge in [-0.05, 0) is 17.9 Å². The maximum Gasteiger partial charge on any atom is 0.322 e. The van der Waals surface area contributed by atoms with E-state index in [-0.39, 0.29) is 18.9 Å². The van der Waals surface area contributed by atoms with Crippen LogP contribution in [0.15, 0.2) is 30.3 Å². The van der Waals surface area contributed by atoms with Crippen molar-refractivity contribution < 1.29 is 24.3 Å². The second-order valence-corrected chi connectivity index (χ2v) is 7.93. The first kappa shape index (κ1) is 24.3. The number of aliphatic carboxylic acids is 1. The quantitative estimate of drug-likeness (QED) is 0.340. The Morgan fingerprint density at radius 2 is 1.65 bits per heavy atom. The topological polar surface area (TPSA) is 151 Å². The zero-order chi connectivity index (χ0) is 22.6. The van der Waals surface area contributed by atoms with Gasteiger partial charge in [-0.25, -0.2) is 0 Å². The number of rotatable bonds is 11. The number of amides is 3. The highest BCUT2D eigenvalue weighted by molar-refractivity contribution is 5.93. The summed E-state index contributed by atoms with van der Waals surface area (Å²) in [6.07, 6.45) is 5.91. The van der Waals surface area contributed by atoms with Gasteiger partial charge in [0.2, 0.25) is 17.7 Å². The van der Waals surface area contributed by atoms with Crippen molar-refractivity contribution in [3.8, 4) is 0 Å². The molecular weight excluding hydrogens is 400 g/mol. The molecule has 0 unspecified atom stereocenters. The van der Waals surface area contributed by atoms with Gasteiger partial charge in [-0.2, -0.15) is 0 Å². The first-order valence-corrected chi connectivity index (χ1v) is 10.7. The summed E-state index contributed by atoms with van der Waals surface area (Å²) in [5.74, 6) is -2.40. The summed E-state index contributed by atoms with van der Waals surface area (Å²) in [6.45, 7) is -0.781. The first-order valence-electron chi connectivity index (χ1n) is 10.7. The maximum absolute atomic E-state index is 13.0. The van der Waals surface area contributed by atoms with E-state index >= 15 is 0 Å². The number of nitrogens with one attached hydrogen (secondary N) is 3. The predicted molar refractivity (Wildman–Crippen MR) is 115 cm³/mol. The first-order chi connectivity index (χ1) is 14.9. The summed E-state index contributed by atoms with van der Waals surface area (Å²) >= 11 is 0. The van der Waals surface area contributed by atoms with Gasteiger partial charge in [0.1, 0.15) is 18.6 Å². The Balaban J connectivity index is 2.11. The molecule has 170 valence electrons. The van der Waals surface area contributed by atoms with Crippen molar-refractivity contribution in [1.29, 1.82) is 0 Å². The van der Waals surface area contributed by atoms with E-state index in [4.69, 9.17) is 10.8 Å². The summed E-state index contributed by atoms with van der Waals surface area (Å²) in [5, 5.41) is 16.6. The lowest BCUT2D eigenvalue weighted by atomic mass is 9.84. The second-order valence-electron chi connectivity index (χ2n) is 7.93. The van der Waals surface area contributed by atoms with Gasteiger partial charge in [0, 0.05) is 6.42 Å². The van der Waals surface area contributed by atoms with Crippen molar-refractivity contribution in [2.75, 3.05) is 13.1 Å². The highest BCUT2D eigenvalue weighted by Gasteiger charge is 2.29. The predicted octanol–water partition coefficient (Wildman–Crippen LogP) is 0.329. The van der Waals surface area contributed by atoms with Crippen LogP contribution in [0.5, 0.6) is 0 Å². The maximum atomic E-state index is 13.0. The van der Waals surface area contributed by atoms with Gasteiger partial charge in [-0.15, -0.1) is 0 Å². The lowest BCUT2D eigenvalue weighted by molar-refractivity contribution is -0.138. The minimum atomic E-state index is -1.16. The normalized spacial score (nSPS) is 16.0. The molecule has 6 N–H and O–H groups in total. The zero-order valence-corrected chi connectivity index (χ0v) is 17.6. The lowest BCUT2D eigenvalue weighted by Gasteiger charge is -2.28. The number of carbonyl (C=O) groups excluding carboxylic acids is 3. The summed E-state index contributed by atoms with van der Waals surface area (Å²) in [4.78, 5) is 48.4. The number of carboxylic acids is 1. The van der Waals surface area contributed by atoms with Crippen LogP contribution >= 0.6 is 0 Å². The van der Waals surface area contributed by atoms with E-state index in [2.05, 4.69) is 16.0 Å². The molecule has 1 aromatic carbocycles. The third-order valence-corrected chi connectivity index (χ3v) is 5.46. The van der Waals surface area contributed by atoms with Gasteiger partial charge in [0.15, 0.2) is 0 Å². The molecule has 2 rings (SSSR count). The van der Waals surface area contributed by atoms with Gasteiger partial charge in [0.25, 0.3) is 0 Å². The van der Waals surface area contributed by atoms with Crippen LogP contribution in [-0.4, -0.2) is 54.0 Å². The van der Waals surface area contributed by atoms with Gasteiger partial charge >= 0.3 is 5.97 Å². The van der Waals surface area contributed by atoms with Gasteiger partial charge in [-0.3, -0.25) is 19.2 Å². The highest BCUT2D eigenvalue weighted by Crippen LogP contribution is 2.27. The van der Waals surface area contributed by atoms with Gasteiger partial charge in [0.05, 0.1) is 6.54 Å². The lowest BCUT2D eigenvalue weighted by Crippen LogP contribution is -2.55. The fourth-order valence-electron chi connectivity index (χ4n) is 3.86. The molecule has 0 heterocycles. The molecule has 1 aliphatic carbocycles. The molecule has 0 spiro atoms. The van der Waals surface area contributed by atoms with Crippen molar-refractivity contribution in [2.45, 2.75) is 57.0 Å². The monoisotopic (exact) mass is 432 g/mol. The van der Waals surface area contributed by atoms with E-state index in [1.807, 2.05) is 30.3 Å². The molecule has 1 aliphatic rings. The SMILES string of the molecule is NCC(=O)N[C@@H](Cc1ccccc1)C(=O)N[C@@H](CC1CCCCC1)C(=O)NCC(=O)O. The zero-order valence-electron chi connectivity index (χ0n) is 17.6. The van der Waals surface area contributed by atoms with E-state index in [1.54, 1.807) is 0 Å². The van der Waals surface area contributed by atoms with Crippen molar-refractivity contribution in [1.82, 2.24) is 16.0 Å². The summed E-state index contributed by atoms with van der Waals surface area (Å²) in [5.41, 5.74) is 6.24. The Hall–Kier alpha value is -2.94. The molecule has 0 saturated heterocycles. The van der Waals surface area contributed by atoms with E-state index in [1.165, 1.54) is 0 Å². The minimum Gasteiger partial charge on any atom is -0.480 e. The van der Waals surface area contributed by atoms with Crippen LogP contribution in [0, 0.1) is 5.92 Å². The number of hydrogen-bond donors (Lipinski definition) is 5. The number of carboxylic acid groups (broad SMARTS) is 1. The molecule has 1 aromatic rings. The van der Waals surface area contributed by atoms with Crippen LogP contribution in [0.3, 0.4) is 0 Å². The Morgan fingerprint density at radius 1 is 0.968 bits per heavy atom. The molecule has 9 nitrogen and oxygen atoms in total. The minimum absolute atomic E-state index is 0.241. The van der Waals surface area contributed by atoms with Crippen LogP contribution in [0.4, 0.5) is 0 Å². The smallest absolute Gasteiger partial charge is 0.322 e. The molecular formula is C22H32N4O5. The molecule has 0 aliphatic heterocycles. The summed E-state index contributed by atoms with van der Waals surface area (Å²) in [7, 11) is 0. The third kappa shape index (κ3) is 8.75. The number of carbonyl (C=O) groups is 4. The highest BCUT2D eigenvalue weighted by atomic mass is 16.4. The van der Waals surface area contributed by atoms with Crippen molar-refractivity contribution in [3.63, 3.8) is 0 Å². The Kier molecular flexibility index (Phi) is 9.96. The molecule has 0 radical (unpaired) electrons.